The minimum absolute atomic E-state index is 0.486. The summed E-state index contributed by atoms with van der Waals surface area (Å²) >= 11 is 0. The normalized spacial score (nSPS) is 16.5. The predicted molar refractivity (Wildman–Crippen MR) is 91.5 cm³/mol. The molecule has 0 bridgehead atoms. The van der Waals surface area contributed by atoms with Gasteiger partial charge in [-0.25, -0.2) is 8.78 Å². The fraction of sp³-hybridized carbons (Fsp3) is 0.381. The van der Waals surface area contributed by atoms with Crippen LogP contribution in [0, 0.1) is 28.9 Å². The zero-order valence-electron chi connectivity index (χ0n) is 13.9. The van der Waals surface area contributed by atoms with Gasteiger partial charge in [-0.1, -0.05) is 44.4 Å². The van der Waals surface area contributed by atoms with E-state index >= 15 is 0 Å². The van der Waals surface area contributed by atoms with Gasteiger partial charge < -0.3 is 0 Å². The summed E-state index contributed by atoms with van der Waals surface area (Å²) in [7, 11) is 0. The van der Waals surface area contributed by atoms with Crippen LogP contribution in [0.2, 0.25) is 0 Å². The number of fused-ring (bicyclic) bond motifs is 1. The van der Waals surface area contributed by atoms with Crippen LogP contribution in [0.1, 0.15) is 49.3 Å². The SMILES string of the molecule is CCCCC1CCc2cc(-c3cc(F)c(C#N)c(F)c3)ccc2C1. The second-order valence-electron chi connectivity index (χ2n) is 6.66. The molecule has 0 heterocycles. The molecule has 0 saturated carbocycles. The number of hydrogen-bond donors (Lipinski definition) is 0. The van der Waals surface area contributed by atoms with Crippen LogP contribution in [0.3, 0.4) is 0 Å². The molecule has 2 aromatic carbocycles. The summed E-state index contributed by atoms with van der Waals surface area (Å²) in [6.07, 6.45) is 7.11. The topological polar surface area (TPSA) is 23.8 Å². The summed E-state index contributed by atoms with van der Waals surface area (Å²) in [5.74, 6) is -0.845. The average molecular weight is 325 g/mol. The van der Waals surface area contributed by atoms with Gasteiger partial charge in [0.15, 0.2) is 0 Å². The van der Waals surface area contributed by atoms with E-state index in [1.165, 1.54) is 48.9 Å². The maximum atomic E-state index is 13.8. The number of nitriles is 1. The molecule has 0 spiro atoms. The van der Waals surface area contributed by atoms with Gasteiger partial charge in [-0.2, -0.15) is 5.26 Å². The second-order valence-corrected chi connectivity index (χ2v) is 6.66. The van der Waals surface area contributed by atoms with Gasteiger partial charge in [-0.15, -0.1) is 0 Å². The Hall–Kier alpha value is -2.21. The average Bonchev–Trinajstić information content (AvgIpc) is 2.59. The lowest BCUT2D eigenvalue weighted by molar-refractivity contribution is 0.413. The van der Waals surface area contributed by atoms with E-state index in [4.69, 9.17) is 5.26 Å². The van der Waals surface area contributed by atoms with Crippen molar-refractivity contribution in [2.75, 3.05) is 0 Å². The van der Waals surface area contributed by atoms with Crippen LogP contribution in [-0.2, 0) is 12.8 Å². The largest absolute Gasteiger partial charge is 0.205 e. The van der Waals surface area contributed by atoms with E-state index in [1.54, 1.807) is 6.07 Å². The molecule has 24 heavy (non-hydrogen) atoms. The lowest BCUT2D eigenvalue weighted by atomic mass is 9.80. The Morgan fingerprint density at radius 2 is 1.83 bits per heavy atom. The summed E-state index contributed by atoms with van der Waals surface area (Å²) in [5.41, 5.74) is 3.42. The van der Waals surface area contributed by atoms with Crippen LogP contribution in [0.15, 0.2) is 30.3 Å². The standard InChI is InChI=1S/C21H21F2N/c1-2-3-4-14-5-6-16-10-17(8-7-15(16)9-14)18-11-20(22)19(13-24)21(23)12-18/h7-8,10-12,14H,2-6,9H2,1H3. The van der Waals surface area contributed by atoms with Crippen LogP contribution in [-0.4, -0.2) is 0 Å². The number of unbranched alkanes of at least 4 members (excludes halogenated alkanes) is 1. The quantitative estimate of drug-likeness (QED) is 0.697. The van der Waals surface area contributed by atoms with Crippen molar-refractivity contribution < 1.29 is 8.78 Å². The van der Waals surface area contributed by atoms with Crippen molar-refractivity contribution in [3.05, 3.63) is 58.7 Å². The first-order valence-electron chi connectivity index (χ1n) is 8.63. The Bertz CT molecular complexity index is 766. The molecule has 124 valence electrons. The van der Waals surface area contributed by atoms with Gasteiger partial charge in [0.2, 0.25) is 0 Å². The lowest BCUT2D eigenvalue weighted by Crippen LogP contribution is -2.14. The number of aryl methyl sites for hydroxylation is 1. The van der Waals surface area contributed by atoms with Crippen LogP contribution < -0.4 is 0 Å². The zero-order valence-corrected chi connectivity index (χ0v) is 13.9. The van der Waals surface area contributed by atoms with Gasteiger partial charge in [-0.05, 0) is 59.6 Å². The minimum atomic E-state index is -0.801. The van der Waals surface area contributed by atoms with Crippen LogP contribution in [0.25, 0.3) is 11.1 Å². The molecule has 3 rings (SSSR count). The van der Waals surface area contributed by atoms with Crippen molar-refractivity contribution in [1.82, 2.24) is 0 Å². The van der Waals surface area contributed by atoms with E-state index in [1.807, 2.05) is 12.1 Å². The van der Waals surface area contributed by atoms with Crippen molar-refractivity contribution >= 4 is 0 Å². The fourth-order valence-corrected chi connectivity index (χ4v) is 3.60. The smallest absolute Gasteiger partial charge is 0.144 e. The highest BCUT2D eigenvalue weighted by Gasteiger charge is 2.19. The van der Waals surface area contributed by atoms with Crippen molar-refractivity contribution in [2.45, 2.75) is 45.4 Å². The Morgan fingerprint density at radius 3 is 2.50 bits per heavy atom. The molecule has 0 radical (unpaired) electrons. The number of rotatable bonds is 4. The van der Waals surface area contributed by atoms with E-state index in [0.717, 1.165) is 24.3 Å². The summed E-state index contributed by atoms with van der Waals surface area (Å²) in [5, 5.41) is 8.78. The Morgan fingerprint density at radius 1 is 1.08 bits per heavy atom. The first-order valence-corrected chi connectivity index (χ1v) is 8.63. The number of halogens is 2. The van der Waals surface area contributed by atoms with Crippen LogP contribution in [0.4, 0.5) is 8.78 Å². The van der Waals surface area contributed by atoms with Crippen molar-refractivity contribution in [2.24, 2.45) is 5.92 Å². The molecule has 0 N–H and O–H groups in total. The number of nitrogens with zero attached hydrogens (tertiary/aromatic N) is 1. The molecule has 0 fully saturated rings. The van der Waals surface area contributed by atoms with Crippen LogP contribution in [0.5, 0.6) is 0 Å². The van der Waals surface area contributed by atoms with E-state index in [0.29, 0.717) is 5.56 Å². The highest BCUT2D eigenvalue weighted by atomic mass is 19.1. The lowest BCUT2D eigenvalue weighted by Gasteiger charge is -2.25. The molecule has 0 saturated heterocycles. The van der Waals surface area contributed by atoms with E-state index in [9.17, 15) is 8.78 Å². The highest BCUT2D eigenvalue weighted by molar-refractivity contribution is 5.66. The summed E-state index contributed by atoms with van der Waals surface area (Å²) in [6, 6.07) is 10.1. The van der Waals surface area contributed by atoms with Gasteiger partial charge in [0.1, 0.15) is 23.3 Å². The van der Waals surface area contributed by atoms with Gasteiger partial charge in [0.05, 0.1) is 0 Å². The highest BCUT2D eigenvalue weighted by Crippen LogP contribution is 2.32. The third-order valence-electron chi connectivity index (χ3n) is 4.99. The van der Waals surface area contributed by atoms with Crippen molar-refractivity contribution in [3.63, 3.8) is 0 Å². The van der Waals surface area contributed by atoms with Crippen molar-refractivity contribution in [1.29, 1.82) is 5.26 Å². The molecule has 1 aliphatic rings. The molecule has 3 heteroatoms. The number of hydrogen-bond acceptors (Lipinski definition) is 1. The third kappa shape index (κ3) is 3.33. The molecule has 0 aromatic heterocycles. The summed E-state index contributed by atoms with van der Waals surface area (Å²) in [6.45, 7) is 2.22. The van der Waals surface area contributed by atoms with Crippen molar-refractivity contribution in [3.8, 4) is 17.2 Å². The molecular weight excluding hydrogens is 304 g/mol. The number of benzene rings is 2. The Labute approximate surface area is 141 Å². The van der Waals surface area contributed by atoms with Gasteiger partial charge in [0.25, 0.3) is 0 Å². The third-order valence-corrected chi connectivity index (χ3v) is 4.99. The molecule has 0 amide bonds. The molecule has 2 aromatic rings. The Balaban J connectivity index is 1.87. The van der Waals surface area contributed by atoms with Gasteiger partial charge in [-0.3, -0.25) is 0 Å². The summed E-state index contributed by atoms with van der Waals surface area (Å²) in [4.78, 5) is 0. The molecule has 1 atom stereocenters. The molecular formula is C21H21F2N. The first-order chi connectivity index (χ1) is 11.6. The fourth-order valence-electron chi connectivity index (χ4n) is 3.60. The zero-order chi connectivity index (χ0) is 17.1. The van der Waals surface area contributed by atoms with Gasteiger partial charge >= 0.3 is 0 Å². The monoisotopic (exact) mass is 325 g/mol. The molecule has 1 unspecified atom stereocenters. The maximum absolute atomic E-state index is 13.8. The van der Waals surface area contributed by atoms with E-state index in [2.05, 4.69) is 13.0 Å². The predicted octanol–water partition coefficient (Wildman–Crippen LogP) is 5.80. The molecule has 1 aliphatic carbocycles. The molecule has 1 nitrogen and oxygen atoms in total. The maximum Gasteiger partial charge on any atom is 0.144 e. The minimum Gasteiger partial charge on any atom is -0.205 e. The summed E-state index contributed by atoms with van der Waals surface area (Å²) < 4.78 is 27.7. The second kappa shape index (κ2) is 7.13. The van der Waals surface area contributed by atoms with E-state index < -0.39 is 17.2 Å². The van der Waals surface area contributed by atoms with Gasteiger partial charge in [0, 0.05) is 0 Å². The first kappa shape index (κ1) is 16.6. The van der Waals surface area contributed by atoms with Crippen LogP contribution >= 0.6 is 0 Å². The van der Waals surface area contributed by atoms with E-state index in [-0.39, 0.29) is 0 Å². The Kier molecular flexibility index (Phi) is 4.94. The molecule has 0 aliphatic heterocycles.